The van der Waals surface area contributed by atoms with E-state index in [9.17, 15) is 9.13 Å². The second-order valence-electron chi connectivity index (χ2n) is 7.36. The highest BCUT2D eigenvalue weighted by molar-refractivity contribution is 7.33. The molecule has 4 aromatic rings. The molecule has 6 nitrogen and oxygen atoms in total. The molecule has 2 unspecified atom stereocenters. The van der Waals surface area contributed by atoms with Gasteiger partial charge < -0.3 is 18.1 Å². The molecule has 0 fully saturated rings. The van der Waals surface area contributed by atoms with Gasteiger partial charge >= 0.3 is 16.5 Å². The minimum absolute atomic E-state index is 0.328. The van der Waals surface area contributed by atoms with Crippen LogP contribution in [0.15, 0.2) is 48.5 Å². The summed E-state index contributed by atoms with van der Waals surface area (Å²) >= 11 is 3.47. The Morgan fingerprint density at radius 1 is 0.647 bits per heavy atom. The smallest absolute Gasteiger partial charge is 0.311 e. The lowest BCUT2D eigenvalue weighted by atomic mass is 9.97. The summed E-state index contributed by atoms with van der Waals surface area (Å²) in [6.45, 7) is 4.99. The summed E-state index contributed by atoms with van der Waals surface area (Å²) in [5.41, 5.74) is 2.37. The zero-order chi connectivity index (χ0) is 23.9. The zero-order valence-electron chi connectivity index (χ0n) is 19.1. The highest BCUT2D eigenvalue weighted by Gasteiger charge is 2.21. The van der Waals surface area contributed by atoms with Crippen molar-refractivity contribution in [2.24, 2.45) is 0 Å². The van der Waals surface area contributed by atoms with Crippen molar-refractivity contribution in [3.05, 3.63) is 58.3 Å². The monoisotopic (exact) mass is 538 g/mol. The highest BCUT2D eigenvalue weighted by Crippen LogP contribution is 2.47. The number of thiophene rings is 2. The van der Waals surface area contributed by atoms with Crippen LogP contribution in [0.4, 0.5) is 0 Å². The van der Waals surface area contributed by atoms with Gasteiger partial charge in [-0.2, -0.15) is 0 Å². The Balaban J connectivity index is 1.72. The normalized spacial score (nSPS) is 13.6. The summed E-state index contributed by atoms with van der Waals surface area (Å²) in [5.74, 6) is 0. The Morgan fingerprint density at radius 3 is 1.47 bits per heavy atom. The standard InChI is InChI=1S/C24H28O6P2S2/c1-3-27-31(25)29-15-13-21-23(17-9-5-7-11-19(17)33-21)24-18-10-6-8-12-20(18)34-22(24)14-16-30-32(26)28-4-2/h5-12,31-32H,3-4,13-16H2,1-2H3. The van der Waals surface area contributed by atoms with Crippen LogP contribution in [0.1, 0.15) is 23.6 Å². The fourth-order valence-corrected chi connectivity index (χ4v) is 7.42. The van der Waals surface area contributed by atoms with E-state index in [1.807, 2.05) is 12.1 Å². The third kappa shape index (κ3) is 6.07. The molecule has 10 heteroatoms. The van der Waals surface area contributed by atoms with Crippen LogP contribution in [0.5, 0.6) is 0 Å². The molecule has 0 aliphatic carbocycles. The van der Waals surface area contributed by atoms with Gasteiger partial charge in [0.2, 0.25) is 0 Å². The molecule has 2 aromatic heterocycles. The van der Waals surface area contributed by atoms with Gasteiger partial charge in [0, 0.05) is 53.9 Å². The van der Waals surface area contributed by atoms with E-state index >= 15 is 0 Å². The molecule has 0 aliphatic rings. The number of hydrogen-bond acceptors (Lipinski definition) is 8. The largest absolute Gasteiger partial charge is 0.319 e. The molecule has 4 rings (SSSR count). The van der Waals surface area contributed by atoms with Crippen LogP contribution in [0, 0.1) is 0 Å². The van der Waals surface area contributed by atoms with Gasteiger partial charge in [-0.3, -0.25) is 9.13 Å². The van der Waals surface area contributed by atoms with E-state index in [-0.39, 0.29) is 0 Å². The van der Waals surface area contributed by atoms with E-state index < -0.39 is 16.5 Å². The summed E-state index contributed by atoms with van der Waals surface area (Å²) < 4.78 is 47.2. The molecule has 2 heterocycles. The summed E-state index contributed by atoms with van der Waals surface area (Å²) in [4.78, 5) is 2.36. The molecule has 0 saturated carbocycles. The van der Waals surface area contributed by atoms with Gasteiger partial charge in [0.05, 0.1) is 26.4 Å². The summed E-state index contributed by atoms with van der Waals surface area (Å²) in [6, 6.07) is 16.7. The van der Waals surface area contributed by atoms with Gasteiger partial charge in [-0.05, 0) is 26.0 Å². The summed E-state index contributed by atoms with van der Waals surface area (Å²) in [7, 11) is -4.94. The van der Waals surface area contributed by atoms with Gasteiger partial charge in [-0.1, -0.05) is 36.4 Å². The second kappa shape index (κ2) is 12.6. The van der Waals surface area contributed by atoms with Gasteiger partial charge in [0.25, 0.3) is 0 Å². The Morgan fingerprint density at radius 2 is 1.06 bits per heavy atom. The maximum atomic E-state index is 11.9. The third-order valence-corrected chi connectivity index (χ3v) is 9.60. The Hall–Kier alpha value is -1.34. The molecule has 0 amide bonds. The van der Waals surface area contributed by atoms with E-state index in [2.05, 4.69) is 36.4 Å². The first-order valence-electron chi connectivity index (χ1n) is 11.2. The predicted octanol–water partition coefficient (Wildman–Crippen LogP) is 7.75. The maximum absolute atomic E-state index is 11.9. The van der Waals surface area contributed by atoms with Gasteiger partial charge in [-0.15, -0.1) is 22.7 Å². The lowest BCUT2D eigenvalue weighted by molar-refractivity contribution is 0.235. The van der Waals surface area contributed by atoms with Crippen LogP contribution in [-0.2, 0) is 40.1 Å². The minimum Gasteiger partial charge on any atom is -0.311 e. The Labute approximate surface area is 208 Å². The van der Waals surface area contributed by atoms with Gasteiger partial charge in [-0.25, -0.2) is 0 Å². The molecule has 0 N–H and O–H groups in total. The molecular weight excluding hydrogens is 510 g/mol. The third-order valence-electron chi connectivity index (χ3n) is 5.21. The summed E-state index contributed by atoms with van der Waals surface area (Å²) in [5, 5.41) is 2.38. The molecule has 2 atom stereocenters. The highest BCUT2D eigenvalue weighted by atomic mass is 32.1. The first-order valence-corrected chi connectivity index (χ1v) is 15.3. The quantitative estimate of drug-likeness (QED) is 0.162. The zero-order valence-corrected chi connectivity index (χ0v) is 22.8. The molecule has 182 valence electrons. The lowest BCUT2D eigenvalue weighted by Crippen LogP contribution is -1.97. The fourth-order valence-electron chi connectivity index (χ4n) is 3.87. The van der Waals surface area contributed by atoms with Crippen molar-refractivity contribution >= 4 is 59.4 Å². The van der Waals surface area contributed by atoms with Crippen molar-refractivity contribution < 1.29 is 27.2 Å². The average molecular weight is 539 g/mol. The number of benzene rings is 2. The van der Waals surface area contributed by atoms with E-state index in [0.29, 0.717) is 39.3 Å². The van der Waals surface area contributed by atoms with Crippen LogP contribution in [0.2, 0.25) is 0 Å². The van der Waals surface area contributed by atoms with Crippen molar-refractivity contribution in [1.82, 2.24) is 0 Å². The van der Waals surface area contributed by atoms with E-state index in [4.69, 9.17) is 18.1 Å². The molecule has 0 aliphatic heterocycles. The van der Waals surface area contributed by atoms with Crippen LogP contribution < -0.4 is 0 Å². The van der Waals surface area contributed by atoms with Crippen molar-refractivity contribution in [2.45, 2.75) is 26.7 Å². The minimum atomic E-state index is -2.47. The topological polar surface area (TPSA) is 71.1 Å². The van der Waals surface area contributed by atoms with Crippen molar-refractivity contribution in [3.8, 4) is 11.1 Å². The van der Waals surface area contributed by atoms with Crippen molar-refractivity contribution in [2.75, 3.05) is 26.4 Å². The van der Waals surface area contributed by atoms with Crippen LogP contribution in [0.25, 0.3) is 31.3 Å². The second-order valence-corrected chi connectivity index (χ2v) is 11.8. The van der Waals surface area contributed by atoms with Gasteiger partial charge in [0.15, 0.2) is 0 Å². The SMILES string of the molecule is CCO[PH](=O)OCCc1sc2ccccc2c1-c1c(CCO[PH](=O)OCC)sc2ccccc12. The number of hydrogen-bond donors (Lipinski definition) is 0. The lowest BCUT2D eigenvalue weighted by Gasteiger charge is -2.09. The molecule has 0 saturated heterocycles. The number of fused-ring (bicyclic) bond motifs is 2. The Bertz CT molecular complexity index is 1200. The van der Waals surface area contributed by atoms with E-state index in [1.165, 1.54) is 41.1 Å². The number of rotatable bonds is 13. The molecule has 34 heavy (non-hydrogen) atoms. The average Bonchev–Trinajstić information content (AvgIpc) is 3.36. The Kier molecular flexibility index (Phi) is 9.52. The first-order chi connectivity index (χ1) is 16.6. The van der Waals surface area contributed by atoms with Crippen molar-refractivity contribution in [1.29, 1.82) is 0 Å². The van der Waals surface area contributed by atoms with Crippen molar-refractivity contribution in [3.63, 3.8) is 0 Å². The first kappa shape index (κ1) is 25.7. The molecule has 2 aromatic carbocycles. The van der Waals surface area contributed by atoms with E-state index in [0.717, 1.165) is 0 Å². The maximum Gasteiger partial charge on any atom is 0.319 e. The van der Waals surface area contributed by atoms with Crippen LogP contribution >= 0.6 is 39.2 Å². The predicted molar refractivity (Wildman–Crippen MR) is 143 cm³/mol. The van der Waals surface area contributed by atoms with Crippen LogP contribution in [0.3, 0.4) is 0 Å². The summed E-state index contributed by atoms with van der Waals surface area (Å²) in [6.07, 6.45) is 1.27. The fraction of sp³-hybridized carbons (Fsp3) is 0.333. The molecule has 0 bridgehead atoms. The molecule has 0 radical (unpaired) electrons. The molecule has 0 spiro atoms. The molecular formula is C24H28O6P2S2. The van der Waals surface area contributed by atoms with Crippen LogP contribution in [-0.4, -0.2) is 26.4 Å². The van der Waals surface area contributed by atoms with E-state index in [1.54, 1.807) is 36.5 Å². The van der Waals surface area contributed by atoms with Gasteiger partial charge in [0.1, 0.15) is 0 Å².